The van der Waals surface area contributed by atoms with Crippen LogP contribution in [-0.4, -0.2) is 63.9 Å². The number of ether oxygens (including phenoxy) is 1. The molecule has 0 radical (unpaired) electrons. The molecule has 156 valence electrons. The van der Waals surface area contributed by atoms with E-state index in [2.05, 4.69) is 56.1 Å². The first-order chi connectivity index (χ1) is 14.5. The molecule has 1 saturated carbocycles. The molecule has 4 heterocycles. The van der Waals surface area contributed by atoms with Crippen LogP contribution in [0.1, 0.15) is 32.6 Å². The quantitative estimate of drug-likeness (QED) is 0.718. The van der Waals surface area contributed by atoms with Gasteiger partial charge in [0.05, 0.1) is 11.2 Å². The third-order valence-corrected chi connectivity index (χ3v) is 7.17. The summed E-state index contributed by atoms with van der Waals surface area (Å²) in [5.41, 5.74) is 3.18. The Morgan fingerprint density at radius 3 is 2.60 bits per heavy atom. The molecule has 1 aromatic carbocycles. The molecule has 7 nitrogen and oxygen atoms in total. The number of nitrogens with one attached hydrogen (secondary N) is 1. The van der Waals surface area contributed by atoms with Crippen LogP contribution < -0.4 is 9.64 Å². The standard InChI is InChI=1S/C23H28N6O/c1-22(5-6-22)30-16-3-4-18-17(11-16)21(27-26-18)19-12-20(25-15-24-19)29-13-23(14-29)7-9-28(2)10-8-23/h3-4,11-12,15H,5-10,13-14H2,1-2H3,(H,26,27). The van der Waals surface area contributed by atoms with Crippen molar-refractivity contribution in [2.45, 2.75) is 38.2 Å². The van der Waals surface area contributed by atoms with E-state index in [0.717, 1.165) is 59.8 Å². The normalized spacial score (nSPS) is 22.3. The highest BCUT2D eigenvalue weighted by molar-refractivity contribution is 5.93. The molecule has 7 heteroatoms. The van der Waals surface area contributed by atoms with Crippen LogP contribution >= 0.6 is 0 Å². The maximum atomic E-state index is 6.15. The number of anilines is 1. The topological polar surface area (TPSA) is 70.2 Å². The van der Waals surface area contributed by atoms with Crippen LogP contribution in [0.2, 0.25) is 0 Å². The largest absolute Gasteiger partial charge is 0.488 e. The maximum Gasteiger partial charge on any atom is 0.132 e. The monoisotopic (exact) mass is 404 g/mol. The lowest BCUT2D eigenvalue weighted by atomic mass is 9.72. The third kappa shape index (κ3) is 3.12. The lowest BCUT2D eigenvalue weighted by molar-refractivity contribution is 0.0900. The summed E-state index contributed by atoms with van der Waals surface area (Å²) in [5, 5.41) is 8.73. The van der Waals surface area contributed by atoms with Crippen molar-refractivity contribution >= 4 is 16.7 Å². The van der Waals surface area contributed by atoms with Gasteiger partial charge in [0, 0.05) is 30.0 Å². The lowest BCUT2D eigenvalue weighted by Gasteiger charge is -2.54. The van der Waals surface area contributed by atoms with E-state index < -0.39 is 0 Å². The smallest absolute Gasteiger partial charge is 0.132 e. The minimum atomic E-state index is 0.00104. The van der Waals surface area contributed by atoms with Crippen molar-refractivity contribution < 1.29 is 4.74 Å². The van der Waals surface area contributed by atoms with Gasteiger partial charge in [0.25, 0.3) is 0 Å². The maximum absolute atomic E-state index is 6.15. The summed E-state index contributed by atoms with van der Waals surface area (Å²) in [5.74, 6) is 1.89. The molecule has 0 amide bonds. The van der Waals surface area contributed by atoms with Gasteiger partial charge in [0.1, 0.15) is 29.2 Å². The van der Waals surface area contributed by atoms with Crippen LogP contribution in [0.5, 0.6) is 5.75 Å². The summed E-state index contributed by atoms with van der Waals surface area (Å²) >= 11 is 0. The summed E-state index contributed by atoms with van der Waals surface area (Å²) in [6.07, 6.45) is 6.46. The number of aromatic nitrogens is 4. The van der Waals surface area contributed by atoms with E-state index in [-0.39, 0.29) is 5.60 Å². The molecule has 0 atom stereocenters. The van der Waals surface area contributed by atoms with Crippen molar-refractivity contribution in [3.05, 3.63) is 30.6 Å². The van der Waals surface area contributed by atoms with Crippen LogP contribution in [0.3, 0.4) is 0 Å². The number of nitrogens with zero attached hydrogens (tertiary/aromatic N) is 5. The molecule has 2 saturated heterocycles. The zero-order valence-electron chi connectivity index (χ0n) is 17.7. The van der Waals surface area contributed by atoms with Gasteiger partial charge < -0.3 is 14.5 Å². The first-order valence-corrected chi connectivity index (χ1v) is 10.9. The Bertz CT molecular complexity index is 1090. The minimum Gasteiger partial charge on any atom is -0.488 e. The van der Waals surface area contributed by atoms with Gasteiger partial charge in [-0.2, -0.15) is 5.10 Å². The molecule has 0 bridgehead atoms. The van der Waals surface area contributed by atoms with Gasteiger partial charge in [-0.15, -0.1) is 0 Å². The van der Waals surface area contributed by atoms with E-state index in [4.69, 9.17) is 4.74 Å². The predicted octanol–water partition coefficient (Wildman–Crippen LogP) is 3.48. The summed E-state index contributed by atoms with van der Waals surface area (Å²) in [6.45, 7) is 6.75. The highest BCUT2D eigenvalue weighted by atomic mass is 16.5. The Labute approximate surface area is 176 Å². The molecule has 1 aliphatic carbocycles. The summed E-state index contributed by atoms with van der Waals surface area (Å²) in [7, 11) is 2.22. The number of likely N-dealkylation sites (tertiary alicyclic amines) is 1. The van der Waals surface area contributed by atoms with Gasteiger partial charge >= 0.3 is 0 Å². The number of piperidine rings is 1. The molecular weight excluding hydrogens is 376 g/mol. The van der Waals surface area contributed by atoms with E-state index in [9.17, 15) is 0 Å². The first kappa shape index (κ1) is 18.1. The molecule has 1 N–H and O–H groups in total. The molecule has 6 rings (SSSR count). The van der Waals surface area contributed by atoms with Crippen LogP contribution in [0.25, 0.3) is 22.3 Å². The second-order valence-electron chi connectivity index (χ2n) is 9.75. The molecule has 30 heavy (non-hydrogen) atoms. The van der Waals surface area contributed by atoms with Gasteiger partial charge in [-0.05, 0) is 70.9 Å². The molecular formula is C23H28N6O. The van der Waals surface area contributed by atoms with E-state index in [0.29, 0.717) is 5.41 Å². The SMILES string of the molecule is CN1CCC2(CC1)CN(c1cc(-c3n[nH]c4ccc(OC5(C)CC5)cc34)ncn1)C2. The lowest BCUT2D eigenvalue weighted by Crippen LogP contribution is -2.60. The Hall–Kier alpha value is -2.67. The Morgan fingerprint density at radius 2 is 1.83 bits per heavy atom. The van der Waals surface area contributed by atoms with Gasteiger partial charge in [-0.25, -0.2) is 9.97 Å². The number of hydrogen-bond acceptors (Lipinski definition) is 6. The summed E-state index contributed by atoms with van der Waals surface area (Å²) < 4.78 is 6.15. The Balaban J connectivity index is 1.25. The fraction of sp³-hybridized carbons (Fsp3) is 0.522. The number of aromatic amines is 1. The molecule has 1 spiro atoms. The fourth-order valence-electron chi connectivity index (χ4n) is 4.80. The second-order valence-corrected chi connectivity index (χ2v) is 9.75. The molecule has 3 aliphatic rings. The van der Waals surface area contributed by atoms with Crippen LogP contribution in [0.15, 0.2) is 30.6 Å². The van der Waals surface area contributed by atoms with Crippen molar-refractivity contribution in [2.75, 3.05) is 38.1 Å². The summed E-state index contributed by atoms with van der Waals surface area (Å²) in [4.78, 5) is 13.9. The van der Waals surface area contributed by atoms with Crippen LogP contribution in [-0.2, 0) is 0 Å². The molecule has 2 aromatic heterocycles. The molecule has 2 aliphatic heterocycles. The van der Waals surface area contributed by atoms with Gasteiger partial charge in [-0.1, -0.05) is 0 Å². The number of hydrogen-bond donors (Lipinski definition) is 1. The third-order valence-electron chi connectivity index (χ3n) is 7.17. The first-order valence-electron chi connectivity index (χ1n) is 10.9. The van der Waals surface area contributed by atoms with Crippen LogP contribution in [0.4, 0.5) is 5.82 Å². The van der Waals surface area contributed by atoms with Crippen molar-refractivity contribution in [3.63, 3.8) is 0 Å². The van der Waals surface area contributed by atoms with Gasteiger partial charge in [-0.3, -0.25) is 5.10 Å². The van der Waals surface area contributed by atoms with Gasteiger partial charge in [0.15, 0.2) is 0 Å². The average molecular weight is 405 g/mol. The number of benzene rings is 1. The number of H-pyrrole nitrogens is 1. The van der Waals surface area contributed by atoms with Crippen molar-refractivity contribution in [3.8, 4) is 17.1 Å². The Kier molecular flexibility index (Phi) is 3.87. The van der Waals surface area contributed by atoms with E-state index in [1.165, 1.54) is 25.9 Å². The zero-order chi connectivity index (χ0) is 20.3. The summed E-state index contributed by atoms with van der Waals surface area (Å²) in [6, 6.07) is 8.21. The predicted molar refractivity (Wildman–Crippen MR) is 117 cm³/mol. The van der Waals surface area contributed by atoms with Crippen molar-refractivity contribution in [1.29, 1.82) is 0 Å². The second kappa shape index (κ2) is 6.41. The fourth-order valence-corrected chi connectivity index (χ4v) is 4.80. The van der Waals surface area contributed by atoms with E-state index in [1.54, 1.807) is 6.33 Å². The number of rotatable bonds is 4. The van der Waals surface area contributed by atoms with Crippen molar-refractivity contribution in [1.82, 2.24) is 25.1 Å². The minimum absolute atomic E-state index is 0.00104. The highest BCUT2D eigenvalue weighted by Gasteiger charge is 2.45. The zero-order valence-corrected chi connectivity index (χ0v) is 17.7. The number of fused-ring (bicyclic) bond motifs is 1. The average Bonchev–Trinajstić information content (AvgIpc) is 3.30. The Morgan fingerprint density at radius 1 is 1.03 bits per heavy atom. The van der Waals surface area contributed by atoms with E-state index in [1.807, 2.05) is 12.1 Å². The molecule has 3 aromatic rings. The molecule has 0 unspecified atom stereocenters. The van der Waals surface area contributed by atoms with Crippen molar-refractivity contribution in [2.24, 2.45) is 5.41 Å². The van der Waals surface area contributed by atoms with Gasteiger partial charge in [0.2, 0.25) is 0 Å². The molecule has 3 fully saturated rings. The highest BCUT2D eigenvalue weighted by Crippen LogP contribution is 2.43. The van der Waals surface area contributed by atoms with Crippen LogP contribution in [0, 0.1) is 5.41 Å². The van der Waals surface area contributed by atoms with E-state index >= 15 is 0 Å².